The summed E-state index contributed by atoms with van der Waals surface area (Å²) in [6, 6.07) is 15.7. The molecule has 0 saturated carbocycles. The topological polar surface area (TPSA) is 84.9 Å². The Kier molecular flexibility index (Phi) is 10.7. The number of ether oxygens (including phenoxy) is 2. The largest absolute Gasteiger partial charge is 0.493 e. The van der Waals surface area contributed by atoms with Gasteiger partial charge in [-0.2, -0.15) is 24.9 Å². The maximum atomic E-state index is 13.6. The summed E-state index contributed by atoms with van der Waals surface area (Å²) in [4.78, 5) is 12.5. The molecule has 0 heterocycles. The Morgan fingerprint density at radius 3 is 2.38 bits per heavy atom. The Morgan fingerprint density at radius 1 is 0.975 bits per heavy atom. The number of nitrogens with one attached hydrogen (secondary N) is 1. The van der Waals surface area contributed by atoms with E-state index < -0.39 is 34.2 Å². The summed E-state index contributed by atoms with van der Waals surface area (Å²) in [5, 5.41) is 2.68. The predicted octanol–water partition coefficient (Wildman–Crippen LogP) is 5.67. The van der Waals surface area contributed by atoms with Crippen molar-refractivity contribution < 1.29 is 35.9 Å². The average Bonchev–Trinajstić information content (AvgIpc) is 2.93. The fourth-order valence-corrected chi connectivity index (χ4v) is 6.26. The lowest BCUT2D eigenvalue weighted by Gasteiger charge is -2.25. The van der Waals surface area contributed by atoms with Crippen LogP contribution in [0.15, 0.2) is 71.6 Å². The molecule has 1 N–H and O–H groups in total. The number of thioether (sulfide) groups is 1. The maximum Gasteiger partial charge on any atom is 0.416 e. The zero-order valence-electron chi connectivity index (χ0n) is 22.3. The van der Waals surface area contributed by atoms with Crippen LogP contribution in [0.5, 0.6) is 11.5 Å². The number of carbonyl (C=O) groups excluding carboxylic acids is 1. The highest BCUT2D eigenvalue weighted by molar-refractivity contribution is 7.98. The first-order valence-corrected chi connectivity index (χ1v) is 14.9. The van der Waals surface area contributed by atoms with Crippen LogP contribution in [-0.2, 0) is 26.7 Å². The van der Waals surface area contributed by atoms with Crippen LogP contribution in [-0.4, -0.2) is 47.4 Å². The van der Waals surface area contributed by atoms with Crippen molar-refractivity contribution in [3.63, 3.8) is 0 Å². The van der Waals surface area contributed by atoms with Crippen molar-refractivity contribution in [1.29, 1.82) is 0 Å². The summed E-state index contributed by atoms with van der Waals surface area (Å²) in [7, 11) is -1.77. The molecule has 0 aromatic heterocycles. The number of benzene rings is 3. The van der Waals surface area contributed by atoms with Gasteiger partial charge in [-0.3, -0.25) is 9.10 Å². The number of anilines is 1. The van der Waals surface area contributed by atoms with Crippen LogP contribution < -0.4 is 19.1 Å². The van der Waals surface area contributed by atoms with Crippen LogP contribution in [0.4, 0.5) is 18.9 Å². The zero-order valence-corrected chi connectivity index (χ0v) is 24.0. The third-order valence-corrected chi connectivity index (χ3v) is 8.86. The number of alkyl halides is 3. The molecule has 0 atom stereocenters. The Bertz CT molecular complexity index is 1420. The predicted molar refractivity (Wildman–Crippen MR) is 150 cm³/mol. The van der Waals surface area contributed by atoms with E-state index in [4.69, 9.17) is 9.47 Å². The van der Waals surface area contributed by atoms with E-state index in [1.807, 2.05) is 25.1 Å². The molecule has 0 aliphatic rings. The van der Waals surface area contributed by atoms with Gasteiger partial charge < -0.3 is 14.8 Å². The first-order valence-electron chi connectivity index (χ1n) is 12.3. The van der Waals surface area contributed by atoms with Crippen molar-refractivity contribution in [3.05, 3.63) is 83.4 Å². The third-order valence-electron chi connectivity index (χ3n) is 6.00. The smallest absolute Gasteiger partial charge is 0.416 e. The van der Waals surface area contributed by atoms with Gasteiger partial charge in [0.15, 0.2) is 11.5 Å². The van der Waals surface area contributed by atoms with Crippen molar-refractivity contribution in [3.8, 4) is 11.5 Å². The molecule has 0 fully saturated rings. The first-order chi connectivity index (χ1) is 19.0. The molecule has 0 spiro atoms. The molecule has 0 aliphatic carbocycles. The summed E-state index contributed by atoms with van der Waals surface area (Å²) < 4.78 is 78.5. The lowest BCUT2D eigenvalue weighted by atomic mass is 10.1. The lowest BCUT2D eigenvalue weighted by Crippen LogP contribution is -2.41. The highest BCUT2D eigenvalue weighted by atomic mass is 32.2. The molecule has 0 bridgehead atoms. The summed E-state index contributed by atoms with van der Waals surface area (Å²) in [5.41, 5.74) is 1.10. The van der Waals surface area contributed by atoms with Crippen molar-refractivity contribution in [2.75, 3.05) is 37.4 Å². The SMILES string of the molecule is COc1ccc(S(=O)(=O)N(CC(=O)NCCCSCc2ccccc2C)c2cccc(C(F)(F)F)c2)cc1OC. The van der Waals surface area contributed by atoms with Gasteiger partial charge in [-0.1, -0.05) is 30.3 Å². The van der Waals surface area contributed by atoms with Crippen molar-refractivity contribution in [2.24, 2.45) is 0 Å². The van der Waals surface area contributed by atoms with Crippen molar-refractivity contribution in [1.82, 2.24) is 5.32 Å². The average molecular weight is 597 g/mol. The Labute approximate surface area is 236 Å². The number of hydrogen-bond acceptors (Lipinski definition) is 6. The van der Waals surface area contributed by atoms with Gasteiger partial charge in [-0.05, 0) is 60.6 Å². The number of nitrogens with zero attached hydrogens (tertiary/aromatic N) is 1. The molecule has 216 valence electrons. The minimum Gasteiger partial charge on any atom is -0.493 e. The van der Waals surface area contributed by atoms with Crippen LogP contribution >= 0.6 is 11.8 Å². The fourth-order valence-electron chi connectivity index (χ4n) is 3.80. The highest BCUT2D eigenvalue weighted by Crippen LogP contribution is 2.35. The molecule has 3 rings (SSSR count). The van der Waals surface area contributed by atoms with E-state index in [0.717, 1.165) is 23.6 Å². The fraction of sp³-hybridized carbons (Fsp3) is 0.321. The van der Waals surface area contributed by atoms with Gasteiger partial charge in [-0.25, -0.2) is 8.42 Å². The number of halogens is 3. The van der Waals surface area contributed by atoms with Crippen LogP contribution in [0.3, 0.4) is 0 Å². The second-order valence-electron chi connectivity index (χ2n) is 8.76. The van der Waals surface area contributed by atoms with E-state index in [0.29, 0.717) is 16.8 Å². The van der Waals surface area contributed by atoms with Gasteiger partial charge >= 0.3 is 6.18 Å². The molecule has 12 heteroatoms. The van der Waals surface area contributed by atoms with E-state index in [1.54, 1.807) is 11.8 Å². The van der Waals surface area contributed by atoms with Crippen LogP contribution in [0.1, 0.15) is 23.1 Å². The summed E-state index contributed by atoms with van der Waals surface area (Å²) in [6.07, 6.45) is -4.07. The molecular formula is C28H31F3N2O5S2. The minimum atomic E-state index is -4.70. The Morgan fingerprint density at radius 2 is 1.70 bits per heavy atom. The number of rotatable bonds is 13. The standard InChI is InChI=1S/C28H31F3N2O5S2/c1-20-8-4-5-9-21(20)19-39-15-7-14-32-27(34)18-33(23-11-6-10-22(16-23)28(29,30)31)40(35,36)24-12-13-25(37-2)26(17-24)38-3/h4-6,8-13,16-17H,7,14-15,18-19H2,1-3H3,(H,32,34). The van der Waals surface area contributed by atoms with Crippen LogP contribution in [0.25, 0.3) is 0 Å². The summed E-state index contributed by atoms with van der Waals surface area (Å²) in [5.74, 6) is 1.32. The molecule has 3 aromatic carbocycles. The molecule has 40 heavy (non-hydrogen) atoms. The van der Waals surface area contributed by atoms with Gasteiger partial charge in [-0.15, -0.1) is 0 Å². The highest BCUT2D eigenvalue weighted by Gasteiger charge is 2.33. The molecule has 0 saturated heterocycles. The quantitative estimate of drug-likeness (QED) is 0.256. The Hall–Kier alpha value is -3.38. The molecule has 3 aromatic rings. The summed E-state index contributed by atoms with van der Waals surface area (Å²) >= 11 is 1.71. The van der Waals surface area contributed by atoms with E-state index in [2.05, 4.69) is 11.4 Å². The number of carbonyl (C=O) groups is 1. The molecule has 7 nitrogen and oxygen atoms in total. The number of aryl methyl sites for hydroxylation is 1. The maximum absolute atomic E-state index is 13.6. The van der Waals surface area contributed by atoms with Crippen molar-refractivity contribution in [2.45, 2.75) is 30.2 Å². The first kappa shape index (κ1) is 31.2. The number of hydrogen-bond donors (Lipinski definition) is 1. The van der Waals surface area contributed by atoms with Gasteiger partial charge in [0, 0.05) is 18.4 Å². The monoisotopic (exact) mass is 596 g/mol. The van der Waals surface area contributed by atoms with Crippen LogP contribution in [0, 0.1) is 6.92 Å². The van der Waals surface area contributed by atoms with E-state index in [-0.39, 0.29) is 28.6 Å². The van der Waals surface area contributed by atoms with Gasteiger partial charge in [0.05, 0.1) is 30.4 Å². The second kappa shape index (κ2) is 13.8. The number of methoxy groups -OCH3 is 2. The second-order valence-corrected chi connectivity index (χ2v) is 11.7. The van der Waals surface area contributed by atoms with Crippen LogP contribution in [0.2, 0.25) is 0 Å². The van der Waals surface area contributed by atoms with Gasteiger partial charge in [0.2, 0.25) is 5.91 Å². The number of sulfonamides is 1. The molecule has 0 aliphatic heterocycles. The zero-order chi connectivity index (χ0) is 29.3. The third kappa shape index (κ3) is 8.07. The minimum absolute atomic E-state index is 0.111. The van der Waals surface area contributed by atoms with Gasteiger partial charge in [0.1, 0.15) is 6.54 Å². The normalized spacial score (nSPS) is 11.7. The van der Waals surface area contributed by atoms with E-state index in [1.165, 1.54) is 49.6 Å². The molecular weight excluding hydrogens is 565 g/mol. The van der Waals surface area contributed by atoms with E-state index >= 15 is 0 Å². The lowest BCUT2D eigenvalue weighted by molar-refractivity contribution is -0.137. The molecule has 0 radical (unpaired) electrons. The van der Waals surface area contributed by atoms with Gasteiger partial charge in [0.25, 0.3) is 10.0 Å². The van der Waals surface area contributed by atoms with Crippen molar-refractivity contribution >= 4 is 33.4 Å². The summed E-state index contributed by atoms with van der Waals surface area (Å²) in [6.45, 7) is 1.61. The Balaban J connectivity index is 1.75. The van der Waals surface area contributed by atoms with E-state index in [9.17, 15) is 26.4 Å². The molecule has 1 amide bonds. The number of amides is 1. The molecule has 0 unspecified atom stereocenters.